The van der Waals surface area contributed by atoms with Crippen molar-refractivity contribution < 1.29 is 24.2 Å². The molecule has 0 spiro atoms. The summed E-state index contributed by atoms with van der Waals surface area (Å²) in [7, 11) is 0. The highest BCUT2D eigenvalue weighted by atomic mass is 16.5. The van der Waals surface area contributed by atoms with Gasteiger partial charge in [0.05, 0.1) is 6.10 Å². The number of hydrogen-bond acceptors (Lipinski definition) is 4. The van der Waals surface area contributed by atoms with E-state index in [0.29, 0.717) is 6.54 Å². The molecule has 0 bridgehead atoms. The van der Waals surface area contributed by atoms with Gasteiger partial charge in [0.25, 0.3) is 0 Å². The van der Waals surface area contributed by atoms with Crippen LogP contribution in [-0.2, 0) is 19.1 Å². The number of carbonyl (C=O) groups excluding carboxylic acids is 1. The fraction of sp³-hybridized carbons (Fsp3) is 0.800. The van der Waals surface area contributed by atoms with Crippen LogP contribution in [0.25, 0.3) is 0 Å². The zero-order chi connectivity index (χ0) is 12.0. The Morgan fingerprint density at radius 1 is 1.62 bits per heavy atom. The molecule has 0 aliphatic carbocycles. The lowest BCUT2D eigenvalue weighted by atomic mass is 10.2. The minimum absolute atomic E-state index is 0.0841. The molecule has 2 N–H and O–H groups in total. The van der Waals surface area contributed by atoms with E-state index in [1.165, 1.54) is 6.92 Å². The molecule has 0 aromatic rings. The molecule has 1 heterocycles. The quantitative estimate of drug-likeness (QED) is 0.659. The second-order valence-corrected chi connectivity index (χ2v) is 3.73. The number of rotatable bonds is 6. The van der Waals surface area contributed by atoms with Gasteiger partial charge >= 0.3 is 5.97 Å². The van der Waals surface area contributed by atoms with Crippen molar-refractivity contribution in [3.05, 3.63) is 0 Å². The smallest absolute Gasteiger partial charge is 0.332 e. The topological polar surface area (TPSA) is 84.9 Å². The zero-order valence-corrected chi connectivity index (χ0v) is 9.27. The van der Waals surface area contributed by atoms with Crippen LogP contribution < -0.4 is 5.32 Å². The maximum atomic E-state index is 11.2. The highest BCUT2D eigenvalue weighted by Crippen LogP contribution is 2.10. The normalized spacial score (nSPS) is 21.7. The Morgan fingerprint density at radius 2 is 2.38 bits per heavy atom. The second-order valence-electron chi connectivity index (χ2n) is 3.73. The van der Waals surface area contributed by atoms with Gasteiger partial charge < -0.3 is 19.9 Å². The number of ether oxygens (including phenoxy) is 2. The van der Waals surface area contributed by atoms with Crippen LogP contribution in [0.4, 0.5) is 0 Å². The van der Waals surface area contributed by atoms with Gasteiger partial charge in [0, 0.05) is 13.2 Å². The average Bonchev–Trinajstić information content (AvgIpc) is 2.75. The van der Waals surface area contributed by atoms with E-state index < -0.39 is 12.1 Å². The van der Waals surface area contributed by atoms with Crippen LogP contribution in [0.1, 0.15) is 19.8 Å². The molecule has 1 fully saturated rings. The van der Waals surface area contributed by atoms with Gasteiger partial charge in [0.1, 0.15) is 6.61 Å². The standard InChI is InChI=1S/C10H17NO5/c1-7(10(13)14)16-6-9(12)11-5-8-3-2-4-15-8/h7-8H,2-6H2,1H3,(H,11,12)(H,13,14). The number of carboxylic acids is 1. The Balaban J connectivity index is 2.08. The highest BCUT2D eigenvalue weighted by Gasteiger charge is 2.17. The molecule has 6 nitrogen and oxygen atoms in total. The first-order valence-electron chi connectivity index (χ1n) is 5.32. The van der Waals surface area contributed by atoms with E-state index in [4.69, 9.17) is 14.6 Å². The molecule has 0 aromatic carbocycles. The molecule has 0 aromatic heterocycles. The summed E-state index contributed by atoms with van der Waals surface area (Å²) in [6.45, 7) is 2.35. The van der Waals surface area contributed by atoms with Gasteiger partial charge in [-0.15, -0.1) is 0 Å². The summed E-state index contributed by atoms with van der Waals surface area (Å²) in [4.78, 5) is 21.6. The molecular formula is C10H17NO5. The first-order chi connectivity index (χ1) is 7.59. The van der Waals surface area contributed by atoms with Crippen LogP contribution in [0.5, 0.6) is 0 Å². The second kappa shape index (κ2) is 6.44. The van der Waals surface area contributed by atoms with Crippen molar-refractivity contribution in [2.45, 2.75) is 32.0 Å². The maximum Gasteiger partial charge on any atom is 0.332 e. The lowest BCUT2D eigenvalue weighted by Gasteiger charge is -2.12. The SMILES string of the molecule is CC(OCC(=O)NCC1CCCO1)C(=O)O. The monoisotopic (exact) mass is 231 g/mol. The number of nitrogens with one attached hydrogen (secondary N) is 1. The van der Waals surface area contributed by atoms with Crippen LogP contribution >= 0.6 is 0 Å². The largest absolute Gasteiger partial charge is 0.479 e. The van der Waals surface area contributed by atoms with E-state index in [-0.39, 0.29) is 18.6 Å². The lowest BCUT2D eigenvalue weighted by Crippen LogP contribution is -2.36. The van der Waals surface area contributed by atoms with E-state index in [0.717, 1.165) is 19.4 Å². The summed E-state index contributed by atoms with van der Waals surface area (Å²) in [6.07, 6.45) is 1.09. The molecule has 92 valence electrons. The summed E-state index contributed by atoms with van der Waals surface area (Å²) < 4.78 is 10.1. The zero-order valence-electron chi connectivity index (χ0n) is 9.27. The van der Waals surface area contributed by atoms with Gasteiger partial charge in [-0.05, 0) is 19.8 Å². The molecule has 2 atom stereocenters. The summed E-state index contributed by atoms with van der Waals surface area (Å²) in [5.41, 5.74) is 0. The molecule has 0 saturated carbocycles. The van der Waals surface area contributed by atoms with Crippen molar-refractivity contribution in [1.29, 1.82) is 0 Å². The molecule has 1 saturated heterocycles. The fourth-order valence-electron chi connectivity index (χ4n) is 1.36. The Morgan fingerprint density at radius 3 is 2.94 bits per heavy atom. The number of carboxylic acid groups (broad SMARTS) is 1. The van der Waals surface area contributed by atoms with Crippen molar-refractivity contribution in [3.63, 3.8) is 0 Å². The molecule has 16 heavy (non-hydrogen) atoms. The number of aliphatic carboxylic acids is 1. The van der Waals surface area contributed by atoms with Gasteiger partial charge in [0.15, 0.2) is 6.10 Å². The van der Waals surface area contributed by atoms with Crippen molar-refractivity contribution >= 4 is 11.9 Å². The van der Waals surface area contributed by atoms with E-state index in [1.54, 1.807) is 0 Å². The van der Waals surface area contributed by atoms with Gasteiger partial charge in [-0.25, -0.2) is 4.79 Å². The summed E-state index contributed by atoms with van der Waals surface area (Å²) in [5, 5.41) is 11.2. The third-order valence-corrected chi connectivity index (χ3v) is 2.36. The van der Waals surface area contributed by atoms with Gasteiger partial charge in [-0.3, -0.25) is 4.79 Å². The van der Waals surface area contributed by atoms with E-state index in [2.05, 4.69) is 5.32 Å². The van der Waals surface area contributed by atoms with Crippen molar-refractivity contribution in [2.75, 3.05) is 19.8 Å². The van der Waals surface area contributed by atoms with Gasteiger partial charge in [-0.2, -0.15) is 0 Å². The average molecular weight is 231 g/mol. The number of hydrogen-bond donors (Lipinski definition) is 2. The van der Waals surface area contributed by atoms with E-state index in [9.17, 15) is 9.59 Å². The first kappa shape index (κ1) is 12.9. The predicted molar refractivity (Wildman–Crippen MR) is 55.0 cm³/mol. The van der Waals surface area contributed by atoms with Crippen LogP contribution in [0, 0.1) is 0 Å². The lowest BCUT2D eigenvalue weighted by molar-refractivity contribution is -0.150. The molecule has 1 aliphatic rings. The molecule has 6 heteroatoms. The van der Waals surface area contributed by atoms with Gasteiger partial charge in [0.2, 0.25) is 5.91 Å². The van der Waals surface area contributed by atoms with Crippen LogP contribution in [0.2, 0.25) is 0 Å². The van der Waals surface area contributed by atoms with Crippen molar-refractivity contribution in [2.24, 2.45) is 0 Å². The Labute approximate surface area is 93.9 Å². The molecule has 2 unspecified atom stereocenters. The Kier molecular flexibility index (Phi) is 5.21. The summed E-state index contributed by atoms with van der Waals surface area (Å²) >= 11 is 0. The Hall–Kier alpha value is -1.14. The number of amides is 1. The Bertz CT molecular complexity index is 250. The molecule has 0 radical (unpaired) electrons. The van der Waals surface area contributed by atoms with Crippen LogP contribution in [-0.4, -0.2) is 48.9 Å². The summed E-state index contributed by atoms with van der Waals surface area (Å²) in [6, 6.07) is 0. The van der Waals surface area contributed by atoms with Crippen molar-refractivity contribution in [3.8, 4) is 0 Å². The fourth-order valence-corrected chi connectivity index (χ4v) is 1.36. The molecule has 1 rings (SSSR count). The van der Waals surface area contributed by atoms with Crippen LogP contribution in [0.15, 0.2) is 0 Å². The van der Waals surface area contributed by atoms with Gasteiger partial charge in [-0.1, -0.05) is 0 Å². The maximum absolute atomic E-state index is 11.2. The van der Waals surface area contributed by atoms with Crippen LogP contribution in [0.3, 0.4) is 0 Å². The molecular weight excluding hydrogens is 214 g/mol. The van der Waals surface area contributed by atoms with E-state index in [1.807, 2.05) is 0 Å². The predicted octanol–water partition coefficient (Wildman–Crippen LogP) is -0.229. The first-order valence-corrected chi connectivity index (χ1v) is 5.32. The van der Waals surface area contributed by atoms with E-state index >= 15 is 0 Å². The van der Waals surface area contributed by atoms with Crippen molar-refractivity contribution in [1.82, 2.24) is 5.32 Å². The highest BCUT2D eigenvalue weighted by molar-refractivity contribution is 5.78. The molecule has 1 amide bonds. The minimum Gasteiger partial charge on any atom is -0.479 e. The number of carbonyl (C=O) groups is 2. The minimum atomic E-state index is -1.08. The summed E-state index contributed by atoms with van der Waals surface area (Å²) in [5.74, 6) is -1.39. The third kappa shape index (κ3) is 4.59. The molecule has 1 aliphatic heterocycles. The third-order valence-electron chi connectivity index (χ3n) is 2.36.